The fourth-order valence-electron chi connectivity index (χ4n) is 4.67. The minimum Gasteiger partial charge on any atom is -0.491 e. The fourth-order valence-corrected chi connectivity index (χ4v) is 4.67. The molecule has 2 aromatic heterocycles. The molecule has 32 heavy (non-hydrogen) atoms. The topological polar surface area (TPSA) is 93.5 Å². The highest BCUT2D eigenvalue weighted by atomic mass is 16.5. The second kappa shape index (κ2) is 12.8. The third-order valence-corrected chi connectivity index (χ3v) is 6.42. The first-order valence-electron chi connectivity index (χ1n) is 11.9. The Morgan fingerprint density at radius 3 is 2.06 bits per heavy atom. The average Bonchev–Trinajstić information content (AvgIpc) is 3.45. The summed E-state index contributed by atoms with van der Waals surface area (Å²) in [5.74, 6) is 0.822. The quantitative estimate of drug-likeness (QED) is 0.652. The van der Waals surface area contributed by atoms with Gasteiger partial charge in [-0.25, -0.2) is 0 Å². The van der Waals surface area contributed by atoms with E-state index in [0.29, 0.717) is 25.2 Å². The summed E-state index contributed by atoms with van der Waals surface area (Å²) in [4.78, 5) is 13.4. The van der Waals surface area contributed by atoms with E-state index >= 15 is 0 Å². The molecule has 0 aliphatic carbocycles. The van der Waals surface area contributed by atoms with Crippen LogP contribution in [0, 0.1) is 0 Å². The maximum Gasteiger partial charge on any atom is 0.137 e. The van der Waals surface area contributed by atoms with Crippen LogP contribution in [0.1, 0.15) is 60.9 Å². The molecule has 2 saturated heterocycles. The van der Waals surface area contributed by atoms with E-state index in [0.717, 1.165) is 25.1 Å². The Bertz CT molecular complexity index is 749. The summed E-state index contributed by atoms with van der Waals surface area (Å²) in [6.45, 7) is 4.21. The molecule has 0 aromatic carbocycles. The van der Waals surface area contributed by atoms with Crippen molar-refractivity contribution in [1.82, 2.24) is 19.8 Å². The van der Waals surface area contributed by atoms with Crippen molar-refractivity contribution in [2.45, 2.75) is 50.6 Å². The summed E-state index contributed by atoms with van der Waals surface area (Å²) < 4.78 is 5.48. The molecule has 2 atom stereocenters. The van der Waals surface area contributed by atoms with Gasteiger partial charge in [0.2, 0.25) is 0 Å². The molecule has 0 radical (unpaired) electrons. The van der Waals surface area contributed by atoms with Gasteiger partial charge in [-0.1, -0.05) is 6.07 Å². The SMILES string of the molecule is CN1CCC[C@H]1c1cncc(CCCN)c1.CN1CCC[C@H]1c1cncc(OCCN)c1. The first-order valence-corrected chi connectivity index (χ1v) is 11.9. The number of hydrogen-bond acceptors (Lipinski definition) is 7. The van der Waals surface area contributed by atoms with Gasteiger partial charge in [0.05, 0.1) is 6.20 Å². The van der Waals surface area contributed by atoms with Crippen molar-refractivity contribution >= 4 is 0 Å². The zero-order valence-corrected chi connectivity index (χ0v) is 19.7. The van der Waals surface area contributed by atoms with E-state index in [2.05, 4.69) is 46.0 Å². The first kappa shape index (κ1) is 24.6. The van der Waals surface area contributed by atoms with E-state index in [1.54, 1.807) is 6.20 Å². The lowest BCUT2D eigenvalue weighted by Crippen LogP contribution is -2.17. The molecule has 7 nitrogen and oxygen atoms in total. The van der Waals surface area contributed by atoms with E-state index in [-0.39, 0.29) is 0 Å². The number of hydrogen-bond donors (Lipinski definition) is 2. The summed E-state index contributed by atoms with van der Waals surface area (Å²) in [5.41, 5.74) is 14.9. The van der Waals surface area contributed by atoms with Gasteiger partial charge in [-0.3, -0.25) is 19.8 Å². The third-order valence-electron chi connectivity index (χ3n) is 6.42. The van der Waals surface area contributed by atoms with Crippen molar-refractivity contribution < 1.29 is 4.74 Å². The fraction of sp³-hybridized carbons (Fsp3) is 0.600. The normalized spacial score (nSPS) is 21.4. The monoisotopic (exact) mass is 440 g/mol. The van der Waals surface area contributed by atoms with Crippen LogP contribution in [-0.4, -0.2) is 66.6 Å². The van der Waals surface area contributed by atoms with Crippen LogP contribution in [-0.2, 0) is 6.42 Å². The van der Waals surface area contributed by atoms with Crippen LogP contribution in [0.15, 0.2) is 36.9 Å². The van der Waals surface area contributed by atoms with Crippen LogP contribution in [0.2, 0.25) is 0 Å². The number of nitrogens with two attached hydrogens (primary N) is 2. The van der Waals surface area contributed by atoms with Gasteiger partial charge in [-0.2, -0.15) is 0 Å². The summed E-state index contributed by atoms with van der Waals surface area (Å²) in [6, 6.07) is 5.45. The Labute approximate surface area is 193 Å². The molecule has 0 saturated carbocycles. The van der Waals surface area contributed by atoms with Gasteiger partial charge in [0.15, 0.2) is 0 Å². The molecule has 4 rings (SSSR count). The average molecular weight is 441 g/mol. The molecule has 0 unspecified atom stereocenters. The molecule has 0 amide bonds. The standard InChI is InChI=1S/C13H21N3.C12H19N3O/c1-16-7-3-5-13(16)12-8-11(4-2-6-14)9-15-10-12;1-15-5-2-3-12(15)10-7-11(9-14-8-10)16-6-4-13/h8-10,13H,2-7,14H2,1H3;7-9,12H,2-6,13H2,1H3/t13-;12-/m00/s1. The Balaban J connectivity index is 0.000000181. The van der Waals surface area contributed by atoms with Crippen molar-refractivity contribution in [2.75, 3.05) is 46.9 Å². The molecule has 2 aliphatic rings. The summed E-state index contributed by atoms with van der Waals surface area (Å²) in [6.07, 6.45) is 14.8. The molecule has 2 aromatic rings. The van der Waals surface area contributed by atoms with Gasteiger partial charge >= 0.3 is 0 Å². The highest BCUT2D eigenvalue weighted by Crippen LogP contribution is 2.31. The highest BCUT2D eigenvalue weighted by Gasteiger charge is 2.23. The van der Waals surface area contributed by atoms with Gasteiger partial charge in [0.1, 0.15) is 12.4 Å². The predicted octanol–water partition coefficient (Wildman–Crippen LogP) is 2.93. The Kier molecular flexibility index (Phi) is 9.87. The lowest BCUT2D eigenvalue weighted by molar-refractivity contribution is 0.309. The Morgan fingerprint density at radius 2 is 1.50 bits per heavy atom. The molecule has 0 bridgehead atoms. The zero-order valence-electron chi connectivity index (χ0n) is 19.7. The van der Waals surface area contributed by atoms with E-state index < -0.39 is 0 Å². The molecule has 4 N–H and O–H groups in total. The number of aryl methyl sites for hydroxylation is 1. The van der Waals surface area contributed by atoms with Crippen molar-refractivity contribution in [2.24, 2.45) is 11.5 Å². The number of likely N-dealkylation sites (tertiary alicyclic amines) is 2. The Morgan fingerprint density at radius 1 is 0.875 bits per heavy atom. The summed E-state index contributed by atoms with van der Waals surface area (Å²) in [5, 5.41) is 0. The molecule has 2 fully saturated rings. The number of pyridine rings is 2. The molecule has 7 heteroatoms. The lowest BCUT2D eigenvalue weighted by Gasteiger charge is -2.19. The van der Waals surface area contributed by atoms with Crippen molar-refractivity contribution in [3.8, 4) is 5.75 Å². The molecule has 0 spiro atoms. The van der Waals surface area contributed by atoms with E-state index in [4.69, 9.17) is 16.2 Å². The molecule has 4 heterocycles. The Hall–Kier alpha value is -2.06. The molecular weight excluding hydrogens is 400 g/mol. The smallest absolute Gasteiger partial charge is 0.137 e. The minimum atomic E-state index is 0.494. The maximum atomic E-state index is 5.53. The van der Waals surface area contributed by atoms with Gasteiger partial charge in [-0.15, -0.1) is 0 Å². The second-order valence-electron chi connectivity index (χ2n) is 8.89. The van der Waals surface area contributed by atoms with Gasteiger partial charge in [0.25, 0.3) is 0 Å². The van der Waals surface area contributed by atoms with E-state index in [1.807, 2.05) is 18.6 Å². The van der Waals surface area contributed by atoms with Crippen LogP contribution in [0.25, 0.3) is 0 Å². The highest BCUT2D eigenvalue weighted by molar-refractivity contribution is 5.26. The minimum absolute atomic E-state index is 0.494. The zero-order chi connectivity index (χ0) is 22.8. The van der Waals surface area contributed by atoms with Crippen LogP contribution >= 0.6 is 0 Å². The third kappa shape index (κ3) is 6.97. The summed E-state index contributed by atoms with van der Waals surface area (Å²) >= 11 is 0. The first-order chi connectivity index (χ1) is 15.6. The van der Waals surface area contributed by atoms with Crippen molar-refractivity contribution in [3.05, 3.63) is 53.6 Å². The van der Waals surface area contributed by atoms with E-state index in [9.17, 15) is 0 Å². The molecule has 2 aliphatic heterocycles. The van der Waals surface area contributed by atoms with Crippen LogP contribution in [0.4, 0.5) is 0 Å². The van der Waals surface area contributed by atoms with Gasteiger partial charge in [-0.05, 0) is 95.0 Å². The largest absolute Gasteiger partial charge is 0.491 e. The number of ether oxygens (including phenoxy) is 1. The van der Waals surface area contributed by atoms with Crippen LogP contribution in [0.5, 0.6) is 5.75 Å². The second-order valence-corrected chi connectivity index (χ2v) is 8.89. The lowest BCUT2D eigenvalue weighted by atomic mass is 10.0. The van der Waals surface area contributed by atoms with Crippen molar-refractivity contribution in [3.63, 3.8) is 0 Å². The maximum absolute atomic E-state index is 5.53. The molecule has 176 valence electrons. The number of rotatable bonds is 8. The van der Waals surface area contributed by atoms with Crippen LogP contribution < -0.4 is 16.2 Å². The van der Waals surface area contributed by atoms with Gasteiger partial charge in [0, 0.05) is 37.2 Å². The van der Waals surface area contributed by atoms with Crippen molar-refractivity contribution in [1.29, 1.82) is 0 Å². The van der Waals surface area contributed by atoms with Gasteiger partial charge < -0.3 is 16.2 Å². The number of nitrogens with zero attached hydrogens (tertiary/aromatic N) is 4. The van der Waals surface area contributed by atoms with E-state index in [1.165, 1.54) is 55.5 Å². The molecular formula is C25H40N6O. The summed E-state index contributed by atoms with van der Waals surface area (Å²) in [7, 11) is 4.36. The number of aromatic nitrogens is 2. The van der Waals surface area contributed by atoms with Crippen LogP contribution in [0.3, 0.4) is 0 Å². The predicted molar refractivity (Wildman–Crippen MR) is 130 cm³/mol.